The van der Waals surface area contributed by atoms with Gasteiger partial charge in [-0.05, 0) is 13.0 Å². The first-order valence-corrected chi connectivity index (χ1v) is 5.82. The van der Waals surface area contributed by atoms with Crippen molar-refractivity contribution in [2.75, 3.05) is 33.5 Å². The molecule has 0 aromatic rings. The van der Waals surface area contributed by atoms with Crippen LogP contribution >= 0.6 is 0 Å². The van der Waals surface area contributed by atoms with Gasteiger partial charge in [0, 0.05) is 20.8 Å². The zero-order valence-corrected chi connectivity index (χ0v) is 8.71. The van der Waals surface area contributed by atoms with Crippen LogP contribution in [0.2, 0.25) is 0 Å². The molecule has 0 heterocycles. The molecule has 74 valence electrons. The molecule has 4 N–H and O–H groups in total. The van der Waals surface area contributed by atoms with Gasteiger partial charge in [-0.2, -0.15) is 0 Å². The Morgan fingerprint density at radius 2 is 1.75 bits per heavy atom. The van der Waals surface area contributed by atoms with Gasteiger partial charge in [-0.1, -0.05) is 0 Å². The Balaban J connectivity index is 3.76. The molecule has 0 aromatic carbocycles. The van der Waals surface area contributed by atoms with Gasteiger partial charge in [-0.25, -0.2) is 0 Å². The fourth-order valence-electron chi connectivity index (χ4n) is 0.738. The highest BCUT2D eigenvalue weighted by Gasteiger charge is 2.36. The minimum Gasteiger partial charge on any atom is -0.376 e. The highest BCUT2D eigenvalue weighted by atomic mass is 28.4. The normalized spacial score (nSPS) is 12.0. The third-order valence-corrected chi connectivity index (χ3v) is 3.93. The van der Waals surface area contributed by atoms with Gasteiger partial charge in [0.15, 0.2) is 0 Å². The molecule has 0 aromatic heterocycles. The van der Waals surface area contributed by atoms with E-state index in [0.717, 1.165) is 6.42 Å². The van der Waals surface area contributed by atoms with Crippen LogP contribution in [0.4, 0.5) is 0 Å². The lowest BCUT2D eigenvalue weighted by Gasteiger charge is -2.24. The van der Waals surface area contributed by atoms with Crippen molar-refractivity contribution in [2.24, 2.45) is 11.5 Å². The molecule has 0 radical (unpaired) electrons. The van der Waals surface area contributed by atoms with Crippen molar-refractivity contribution in [3.05, 3.63) is 0 Å². The van der Waals surface area contributed by atoms with Crippen LogP contribution in [0.5, 0.6) is 0 Å². The molecular weight excluding hydrogens is 176 g/mol. The Kier molecular flexibility index (Phi) is 6.53. The summed E-state index contributed by atoms with van der Waals surface area (Å²) in [4.78, 5) is 0. The van der Waals surface area contributed by atoms with Gasteiger partial charge in [-0.15, -0.1) is 0 Å². The molecule has 0 saturated heterocycles. The van der Waals surface area contributed by atoms with E-state index < -0.39 is 8.80 Å². The van der Waals surface area contributed by atoms with Gasteiger partial charge in [-0.3, -0.25) is 0 Å². The molecule has 0 aliphatic carbocycles. The van der Waals surface area contributed by atoms with Crippen molar-refractivity contribution in [1.29, 1.82) is 0 Å². The third-order valence-electron chi connectivity index (χ3n) is 1.54. The summed E-state index contributed by atoms with van der Waals surface area (Å²) >= 11 is 0. The highest BCUT2D eigenvalue weighted by Crippen LogP contribution is 2.04. The molecule has 0 fully saturated rings. The average molecular weight is 194 g/mol. The first-order valence-electron chi connectivity index (χ1n) is 3.89. The van der Waals surface area contributed by atoms with Gasteiger partial charge >= 0.3 is 8.80 Å². The molecule has 0 aliphatic heterocycles. The molecule has 12 heavy (non-hydrogen) atoms. The quantitative estimate of drug-likeness (QED) is 0.405. The predicted octanol–water partition coefficient (Wildman–Crippen LogP) is -0.919. The second kappa shape index (κ2) is 6.52. The van der Waals surface area contributed by atoms with Crippen LogP contribution in [0.15, 0.2) is 0 Å². The topological polar surface area (TPSA) is 79.7 Å². The maximum Gasteiger partial charge on any atom is 0.514 e. The van der Waals surface area contributed by atoms with Crippen LogP contribution in [-0.4, -0.2) is 42.3 Å². The maximum absolute atomic E-state index is 5.47. The molecule has 6 heteroatoms. The Morgan fingerprint density at radius 3 is 2.08 bits per heavy atom. The van der Waals surface area contributed by atoms with Gasteiger partial charge in [0.25, 0.3) is 0 Å². The fraction of sp³-hybridized carbons (Fsp3) is 1.00. The van der Waals surface area contributed by atoms with Gasteiger partial charge < -0.3 is 24.7 Å². The van der Waals surface area contributed by atoms with Crippen LogP contribution in [0.25, 0.3) is 0 Å². The van der Waals surface area contributed by atoms with Gasteiger partial charge in [0.05, 0.1) is 6.17 Å². The molecule has 0 aliphatic rings. The van der Waals surface area contributed by atoms with Gasteiger partial charge in [0.1, 0.15) is 0 Å². The molecular formula is C6H18N2O3Si. The first-order chi connectivity index (χ1) is 5.74. The fourth-order valence-corrected chi connectivity index (χ4v) is 2.05. The summed E-state index contributed by atoms with van der Waals surface area (Å²) in [6, 6.07) is 0. The maximum atomic E-state index is 5.47. The zero-order valence-electron chi connectivity index (χ0n) is 7.71. The second-order valence-electron chi connectivity index (χ2n) is 2.29. The Hall–Kier alpha value is 0.0169. The average Bonchev–Trinajstić information content (AvgIpc) is 2.14. The number of nitrogens with two attached hydrogens (primary N) is 2. The van der Waals surface area contributed by atoms with Crippen LogP contribution in [0.1, 0.15) is 6.42 Å². The van der Waals surface area contributed by atoms with Crippen molar-refractivity contribution in [3.63, 3.8) is 0 Å². The largest absolute Gasteiger partial charge is 0.514 e. The Labute approximate surface area is 74.3 Å². The van der Waals surface area contributed by atoms with Crippen molar-refractivity contribution < 1.29 is 13.3 Å². The summed E-state index contributed by atoms with van der Waals surface area (Å²) in [5.41, 5.74) is 10.8. The summed E-state index contributed by atoms with van der Waals surface area (Å²) in [5.74, 6) is 0. The van der Waals surface area contributed by atoms with Gasteiger partial charge in [0.2, 0.25) is 0 Å². The minimum absolute atomic E-state index is 0.296. The van der Waals surface area contributed by atoms with E-state index in [1.165, 1.54) is 0 Å². The summed E-state index contributed by atoms with van der Waals surface area (Å²) in [7, 11) is 0.561. The van der Waals surface area contributed by atoms with E-state index in [4.69, 9.17) is 24.7 Å². The molecule has 0 unspecified atom stereocenters. The standard InChI is InChI=1S/C6H18N2O3Si/c1-9-12(6-8,10-2)11-5-3-4-7/h3-8H2,1-2H3. The summed E-state index contributed by atoms with van der Waals surface area (Å²) in [5, 5.41) is 0. The van der Waals surface area contributed by atoms with Crippen LogP contribution < -0.4 is 11.5 Å². The molecule has 0 saturated carbocycles. The molecule has 0 atom stereocenters. The summed E-state index contributed by atoms with van der Waals surface area (Å²) in [6.45, 7) is 1.14. The lowest BCUT2D eigenvalue weighted by molar-refractivity contribution is 0.0993. The van der Waals surface area contributed by atoms with Crippen LogP contribution in [-0.2, 0) is 13.3 Å². The molecule has 0 spiro atoms. The highest BCUT2D eigenvalue weighted by molar-refractivity contribution is 6.60. The number of hydrogen-bond donors (Lipinski definition) is 2. The lowest BCUT2D eigenvalue weighted by atomic mass is 10.5. The van der Waals surface area contributed by atoms with E-state index in [1.807, 2.05) is 0 Å². The molecule has 0 amide bonds. The van der Waals surface area contributed by atoms with E-state index in [-0.39, 0.29) is 0 Å². The number of hydrogen-bond acceptors (Lipinski definition) is 5. The van der Waals surface area contributed by atoms with E-state index in [1.54, 1.807) is 14.2 Å². The van der Waals surface area contributed by atoms with Crippen molar-refractivity contribution in [3.8, 4) is 0 Å². The Bertz CT molecular complexity index is 103. The lowest BCUT2D eigenvalue weighted by Crippen LogP contribution is -2.51. The van der Waals surface area contributed by atoms with Crippen molar-refractivity contribution in [1.82, 2.24) is 0 Å². The summed E-state index contributed by atoms with van der Waals surface area (Å²) < 4.78 is 15.6. The first kappa shape index (κ1) is 12.0. The second-order valence-corrected chi connectivity index (χ2v) is 5.17. The minimum atomic E-state index is -2.53. The summed E-state index contributed by atoms with van der Waals surface area (Å²) in [6.07, 6.45) is 1.09. The smallest absolute Gasteiger partial charge is 0.376 e. The number of rotatable bonds is 7. The van der Waals surface area contributed by atoms with Crippen LogP contribution in [0.3, 0.4) is 0 Å². The molecule has 5 nitrogen and oxygen atoms in total. The SMILES string of the molecule is CO[Si](CN)(OC)OCCCN. The van der Waals surface area contributed by atoms with E-state index in [0.29, 0.717) is 19.3 Å². The monoisotopic (exact) mass is 194 g/mol. The molecule has 0 bridgehead atoms. The van der Waals surface area contributed by atoms with E-state index in [9.17, 15) is 0 Å². The van der Waals surface area contributed by atoms with E-state index in [2.05, 4.69) is 0 Å². The van der Waals surface area contributed by atoms with Crippen LogP contribution in [0, 0.1) is 0 Å². The van der Waals surface area contributed by atoms with Crippen molar-refractivity contribution in [2.45, 2.75) is 6.42 Å². The predicted molar refractivity (Wildman–Crippen MR) is 48.4 cm³/mol. The zero-order chi connectivity index (χ0) is 9.45. The van der Waals surface area contributed by atoms with Crippen molar-refractivity contribution >= 4 is 8.80 Å². The van der Waals surface area contributed by atoms with E-state index >= 15 is 0 Å². The molecule has 0 rings (SSSR count). The third kappa shape index (κ3) is 3.61. The Morgan fingerprint density at radius 1 is 1.17 bits per heavy atom.